The Balaban J connectivity index is 1.78. The molecule has 2 heterocycles. The van der Waals surface area contributed by atoms with E-state index in [0.29, 0.717) is 0 Å². The highest BCUT2D eigenvalue weighted by Gasteiger charge is 2.21. The first-order valence-electron chi connectivity index (χ1n) is 7.59. The van der Waals surface area contributed by atoms with Crippen molar-refractivity contribution in [1.29, 1.82) is 0 Å². The fraction of sp³-hybridized carbons (Fsp3) is 0.222. The van der Waals surface area contributed by atoms with Gasteiger partial charge in [0.2, 0.25) is 0 Å². The number of likely N-dealkylation sites (N-methyl/N-ethyl adjacent to an activating group) is 1. The molecule has 1 aromatic heterocycles. The van der Waals surface area contributed by atoms with Gasteiger partial charge >= 0.3 is 0 Å². The summed E-state index contributed by atoms with van der Waals surface area (Å²) in [5.41, 5.74) is 3.65. The number of anilines is 1. The van der Waals surface area contributed by atoms with E-state index in [0.717, 1.165) is 36.7 Å². The maximum atomic E-state index is 4.47. The average molecular weight is 290 g/mol. The minimum absolute atomic E-state index is 0.819. The van der Waals surface area contributed by atoms with E-state index in [2.05, 4.69) is 75.2 Å². The Morgan fingerprint density at radius 2 is 1.68 bits per heavy atom. The third-order valence-electron chi connectivity index (χ3n) is 4.25. The lowest BCUT2D eigenvalue weighted by atomic mass is 10.1. The molecule has 4 nitrogen and oxygen atoms in total. The molecule has 110 valence electrons. The molecule has 4 heteroatoms. The fourth-order valence-corrected chi connectivity index (χ4v) is 3.04. The molecule has 22 heavy (non-hydrogen) atoms. The number of aromatic nitrogens is 3. The number of hydrogen-bond donors (Lipinski definition) is 0. The van der Waals surface area contributed by atoms with Crippen LogP contribution in [0.15, 0.2) is 54.6 Å². The molecule has 0 saturated carbocycles. The Morgan fingerprint density at radius 1 is 0.909 bits per heavy atom. The maximum Gasteiger partial charge on any atom is 0.166 e. The van der Waals surface area contributed by atoms with Gasteiger partial charge in [0.15, 0.2) is 5.82 Å². The molecular weight excluding hydrogens is 272 g/mol. The molecule has 0 aliphatic carbocycles. The highest BCUT2D eigenvalue weighted by atomic mass is 15.3. The van der Waals surface area contributed by atoms with E-state index >= 15 is 0 Å². The Bertz CT molecular complexity index is 792. The summed E-state index contributed by atoms with van der Waals surface area (Å²) in [5, 5.41) is 8.93. The lowest BCUT2D eigenvalue weighted by Gasteiger charge is -2.18. The quantitative estimate of drug-likeness (QED) is 0.727. The molecule has 0 atom stereocenters. The van der Waals surface area contributed by atoms with E-state index in [-0.39, 0.29) is 0 Å². The first-order valence-corrected chi connectivity index (χ1v) is 7.59. The number of hydrogen-bond acceptors (Lipinski definition) is 3. The number of nitrogens with zero attached hydrogens (tertiary/aromatic N) is 4. The second kappa shape index (κ2) is 5.30. The Kier molecular flexibility index (Phi) is 3.15. The lowest BCUT2D eigenvalue weighted by Crippen LogP contribution is -2.21. The molecule has 0 saturated heterocycles. The predicted molar refractivity (Wildman–Crippen MR) is 88.0 cm³/mol. The molecule has 0 bridgehead atoms. The van der Waals surface area contributed by atoms with Crippen molar-refractivity contribution in [1.82, 2.24) is 14.8 Å². The highest BCUT2D eigenvalue weighted by molar-refractivity contribution is 5.75. The predicted octanol–water partition coefficient (Wildman–Crippen LogP) is 2.99. The van der Waals surface area contributed by atoms with Gasteiger partial charge in [-0.15, -0.1) is 10.2 Å². The molecule has 1 aliphatic heterocycles. The molecule has 0 fully saturated rings. The van der Waals surface area contributed by atoms with Gasteiger partial charge in [0.1, 0.15) is 5.82 Å². The summed E-state index contributed by atoms with van der Waals surface area (Å²) < 4.78 is 2.26. The standard InChI is InChI=1S/C18H18N4/c1-21-11-12-22-17(13-14-7-3-2-4-8-14)19-20-18(22)15-9-5-6-10-16(15)21/h2-10H,11-13H2,1H3. The number of para-hydroxylation sites is 1. The molecule has 0 amide bonds. The minimum atomic E-state index is 0.819. The molecule has 0 radical (unpaired) electrons. The average Bonchev–Trinajstić information content (AvgIpc) is 2.89. The smallest absolute Gasteiger partial charge is 0.166 e. The SMILES string of the molecule is CN1CCn2c(Cc3ccccc3)nnc2-c2ccccc21. The van der Waals surface area contributed by atoms with Crippen molar-refractivity contribution in [3.63, 3.8) is 0 Å². The molecule has 2 aromatic carbocycles. The van der Waals surface area contributed by atoms with Crippen LogP contribution in [0.5, 0.6) is 0 Å². The molecule has 0 spiro atoms. The summed E-state index contributed by atoms with van der Waals surface area (Å²) in [7, 11) is 2.13. The Hall–Kier alpha value is -2.62. The maximum absolute atomic E-state index is 4.47. The van der Waals surface area contributed by atoms with Crippen molar-refractivity contribution in [3.8, 4) is 11.4 Å². The summed E-state index contributed by atoms with van der Waals surface area (Å²) in [6, 6.07) is 18.9. The third kappa shape index (κ3) is 2.17. The second-order valence-electron chi connectivity index (χ2n) is 5.69. The van der Waals surface area contributed by atoms with Gasteiger partial charge in [0.25, 0.3) is 0 Å². The van der Waals surface area contributed by atoms with Gasteiger partial charge in [0, 0.05) is 37.8 Å². The topological polar surface area (TPSA) is 34.0 Å². The van der Waals surface area contributed by atoms with Gasteiger partial charge in [-0.3, -0.25) is 0 Å². The van der Waals surface area contributed by atoms with Crippen LogP contribution in [0.4, 0.5) is 5.69 Å². The largest absolute Gasteiger partial charge is 0.372 e. The zero-order valence-corrected chi connectivity index (χ0v) is 12.6. The molecular formula is C18H18N4. The first-order chi connectivity index (χ1) is 10.8. The van der Waals surface area contributed by atoms with Crippen molar-refractivity contribution in [2.75, 3.05) is 18.5 Å². The molecule has 4 rings (SSSR count). The van der Waals surface area contributed by atoms with Crippen LogP contribution >= 0.6 is 0 Å². The van der Waals surface area contributed by atoms with E-state index in [1.807, 2.05) is 6.07 Å². The van der Waals surface area contributed by atoms with Crippen LogP contribution < -0.4 is 4.90 Å². The zero-order chi connectivity index (χ0) is 14.9. The summed E-state index contributed by atoms with van der Waals surface area (Å²) >= 11 is 0. The monoisotopic (exact) mass is 290 g/mol. The normalized spacial score (nSPS) is 13.4. The van der Waals surface area contributed by atoms with Gasteiger partial charge in [-0.05, 0) is 17.7 Å². The Morgan fingerprint density at radius 3 is 2.55 bits per heavy atom. The van der Waals surface area contributed by atoms with Gasteiger partial charge in [-0.1, -0.05) is 42.5 Å². The van der Waals surface area contributed by atoms with Crippen LogP contribution in [0.2, 0.25) is 0 Å². The fourth-order valence-electron chi connectivity index (χ4n) is 3.04. The lowest BCUT2D eigenvalue weighted by molar-refractivity contribution is 0.668. The van der Waals surface area contributed by atoms with Crippen molar-refractivity contribution < 1.29 is 0 Å². The highest BCUT2D eigenvalue weighted by Crippen LogP contribution is 2.32. The van der Waals surface area contributed by atoms with E-state index in [1.165, 1.54) is 11.3 Å². The zero-order valence-electron chi connectivity index (χ0n) is 12.6. The second-order valence-corrected chi connectivity index (χ2v) is 5.69. The van der Waals surface area contributed by atoms with Crippen LogP contribution in [0.3, 0.4) is 0 Å². The van der Waals surface area contributed by atoms with Crippen molar-refractivity contribution in [2.45, 2.75) is 13.0 Å². The molecule has 0 unspecified atom stereocenters. The summed E-state index contributed by atoms with van der Waals surface area (Å²) in [6.45, 7) is 1.87. The molecule has 0 N–H and O–H groups in total. The van der Waals surface area contributed by atoms with Crippen LogP contribution in [0, 0.1) is 0 Å². The third-order valence-corrected chi connectivity index (χ3v) is 4.25. The van der Waals surface area contributed by atoms with Crippen LogP contribution in [0.1, 0.15) is 11.4 Å². The van der Waals surface area contributed by atoms with Crippen LogP contribution in [0.25, 0.3) is 11.4 Å². The summed E-state index contributed by atoms with van der Waals surface area (Å²) in [6.07, 6.45) is 0.819. The summed E-state index contributed by atoms with van der Waals surface area (Å²) in [5.74, 6) is 2.01. The number of rotatable bonds is 2. The minimum Gasteiger partial charge on any atom is -0.372 e. The van der Waals surface area contributed by atoms with E-state index in [1.54, 1.807) is 0 Å². The number of benzene rings is 2. The molecule has 1 aliphatic rings. The van der Waals surface area contributed by atoms with E-state index in [4.69, 9.17) is 0 Å². The van der Waals surface area contributed by atoms with Crippen molar-refractivity contribution >= 4 is 5.69 Å². The van der Waals surface area contributed by atoms with Gasteiger partial charge in [-0.25, -0.2) is 0 Å². The first kappa shape index (κ1) is 13.1. The van der Waals surface area contributed by atoms with E-state index in [9.17, 15) is 0 Å². The van der Waals surface area contributed by atoms with Gasteiger partial charge < -0.3 is 9.47 Å². The van der Waals surface area contributed by atoms with Crippen molar-refractivity contribution in [2.24, 2.45) is 0 Å². The van der Waals surface area contributed by atoms with Gasteiger partial charge in [0.05, 0.1) is 0 Å². The van der Waals surface area contributed by atoms with E-state index < -0.39 is 0 Å². The summed E-state index contributed by atoms with van der Waals surface area (Å²) in [4.78, 5) is 2.29. The number of fused-ring (bicyclic) bond motifs is 3. The molecule has 3 aromatic rings. The Labute approximate surface area is 130 Å². The van der Waals surface area contributed by atoms with Crippen molar-refractivity contribution in [3.05, 3.63) is 66.0 Å². The van der Waals surface area contributed by atoms with Gasteiger partial charge in [-0.2, -0.15) is 0 Å². The van der Waals surface area contributed by atoms with Crippen LogP contribution in [-0.2, 0) is 13.0 Å². The van der Waals surface area contributed by atoms with Crippen LogP contribution in [-0.4, -0.2) is 28.4 Å².